The first-order chi connectivity index (χ1) is 8.82. The van der Waals surface area contributed by atoms with Crippen LogP contribution in [0.3, 0.4) is 0 Å². The minimum absolute atomic E-state index is 0.537. The molecule has 2 aromatic carbocycles. The SMILES string of the molecule is Oc1cc(O)cc(-c2c(F)c(F)c(F)c(F)c2F)c1. The molecule has 0 saturated heterocycles. The Hall–Kier alpha value is -2.31. The molecule has 0 amide bonds. The summed E-state index contributed by atoms with van der Waals surface area (Å²) in [5, 5.41) is 18.3. The normalized spacial score (nSPS) is 10.8. The van der Waals surface area contributed by atoms with E-state index in [9.17, 15) is 22.0 Å². The molecule has 0 atom stereocenters. The Morgan fingerprint density at radius 3 is 1.37 bits per heavy atom. The van der Waals surface area contributed by atoms with Crippen LogP contribution in [-0.2, 0) is 0 Å². The van der Waals surface area contributed by atoms with Gasteiger partial charge in [-0.2, -0.15) is 0 Å². The van der Waals surface area contributed by atoms with E-state index < -0.39 is 51.7 Å². The maximum absolute atomic E-state index is 13.5. The molecule has 0 radical (unpaired) electrons. The van der Waals surface area contributed by atoms with Gasteiger partial charge < -0.3 is 10.2 Å². The molecule has 0 aromatic heterocycles. The molecule has 0 aliphatic rings. The van der Waals surface area contributed by atoms with Gasteiger partial charge in [-0.1, -0.05) is 0 Å². The summed E-state index contributed by atoms with van der Waals surface area (Å²) in [6, 6.07) is 2.37. The summed E-state index contributed by atoms with van der Waals surface area (Å²) in [6.07, 6.45) is 0. The number of phenolic OH excluding ortho intramolecular Hbond substituents is 2. The average Bonchev–Trinajstić information content (AvgIpc) is 2.33. The van der Waals surface area contributed by atoms with Crippen LogP contribution in [0.2, 0.25) is 0 Å². The zero-order valence-electron chi connectivity index (χ0n) is 9.02. The first kappa shape index (κ1) is 13.1. The summed E-state index contributed by atoms with van der Waals surface area (Å²) >= 11 is 0. The van der Waals surface area contributed by atoms with Crippen molar-refractivity contribution in [1.29, 1.82) is 0 Å². The van der Waals surface area contributed by atoms with Gasteiger partial charge in [0.2, 0.25) is 5.82 Å². The minimum atomic E-state index is -2.27. The predicted molar refractivity (Wildman–Crippen MR) is 55.0 cm³/mol. The maximum Gasteiger partial charge on any atom is 0.200 e. The van der Waals surface area contributed by atoms with Gasteiger partial charge in [0.25, 0.3) is 0 Å². The lowest BCUT2D eigenvalue weighted by Crippen LogP contribution is -2.03. The van der Waals surface area contributed by atoms with Crippen LogP contribution in [0.15, 0.2) is 18.2 Å². The highest BCUT2D eigenvalue weighted by Gasteiger charge is 2.26. The Kier molecular flexibility index (Phi) is 3.05. The van der Waals surface area contributed by atoms with Crippen molar-refractivity contribution >= 4 is 0 Å². The fraction of sp³-hybridized carbons (Fsp3) is 0. The van der Waals surface area contributed by atoms with E-state index >= 15 is 0 Å². The first-order valence-electron chi connectivity index (χ1n) is 4.87. The van der Waals surface area contributed by atoms with Crippen molar-refractivity contribution in [1.82, 2.24) is 0 Å². The van der Waals surface area contributed by atoms with Crippen LogP contribution < -0.4 is 0 Å². The van der Waals surface area contributed by atoms with E-state index in [-0.39, 0.29) is 0 Å². The molecule has 2 nitrogen and oxygen atoms in total. The van der Waals surface area contributed by atoms with Crippen LogP contribution >= 0.6 is 0 Å². The molecule has 0 fully saturated rings. The van der Waals surface area contributed by atoms with Gasteiger partial charge >= 0.3 is 0 Å². The Labute approximate surface area is 103 Å². The van der Waals surface area contributed by atoms with Gasteiger partial charge in [-0.05, 0) is 17.7 Å². The van der Waals surface area contributed by atoms with E-state index in [2.05, 4.69) is 0 Å². The number of rotatable bonds is 1. The minimum Gasteiger partial charge on any atom is -0.508 e. The van der Waals surface area contributed by atoms with Crippen LogP contribution in [0.1, 0.15) is 0 Å². The highest BCUT2D eigenvalue weighted by molar-refractivity contribution is 5.68. The first-order valence-corrected chi connectivity index (χ1v) is 4.87. The van der Waals surface area contributed by atoms with Crippen LogP contribution in [0.5, 0.6) is 11.5 Å². The van der Waals surface area contributed by atoms with E-state index in [1.807, 2.05) is 0 Å². The third-order valence-corrected chi connectivity index (χ3v) is 2.40. The summed E-state index contributed by atoms with van der Waals surface area (Å²) in [5.74, 6) is -11.7. The lowest BCUT2D eigenvalue weighted by atomic mass is 10.0. The molecule has 0 spiro atoms. The number of hydrogen-bond donors (Lipinski definition) is 2. The molecule has 0 bridgehead atoms. The Morgan fingerprint density at radius 2 is 0.947 bits per heavy atom. The second-order valence-corrected chi connectivity index (χ2v) is 3.68. The van der Waals surface area contributed by atoms with Crippen molar-refractivity contribution in [3.8, 4) is 22.6 Å². The van der Waals surface area contributed by atoms with Gasteiger partial charge in [0.15, 0.2) is 23.3 Å². The van der Waals surface area contributed by atoms with Gasteiger partial charge in [0.05, 0.1) is 5.56 Å². The number of aromatic hydroxyl groups is 2. The molecule has 2 rings (SSSR count). The van der Waals surface area contributed by atoms with Crippen molar-refractivity contribution in [3.05, 3.63) is 47.3 Å². The van der Waals surface area contributed by atoms with Crippen molar-refractivity contribution in [2.75, 3.05) is 0 Å². The topological polar surface area (TPSA) is 40.5 Å². The quantitative estimate of drug-likeness (QED) is 0.475. The van der Waals surface area contributed by atoms with Gasteiger partial charge in [0.1, 0.15) is 11.5 Å². The van der Waals surface area contributed by atoms with Gasteiger partial charge in [0, 0.05) is 6.07 Å². The Morgan fingerprint density at radius 1 is 0.579 bits per heavy atom. The summed E-state index contributed by atoms with van der Waals surface area (Å²) in [7, 11) is 0. The molecule has 0 heterocycles. The van der Waals surface area contributed by atoms with Crippen LogP contribution in [-0.4, -0.2) is 10.2 Å². The molecule has 0 unspecified atom stereocenters. The molecule has 7 heteroatoms. The monoisotopic (exact) mass is 276 g/mol. The van der Waals surface area contributed by atoms with E-state index in [0.29, 0.717) is 0 Å². The highest BCUT2D eigenvalue weighted by atomic mass is 19.2. The smallest absolute Gasteiger partial charge is 0.200 e. The van der Waals surface area contributed by atoms with E-state index in [0.717, 1.165) is 18.2 Å². The van der Waals surface area contributed by atoms with Crippen molar-refractivity contribution < 1.29 is 32.2 Å². The summed E-state index contributed by atoms with van der Waals surface area (Å²) in [4.78, 5) is 0. The Bertz CT molecular complexity index is 620. The lowest BCUT2D eigenvalue weighted by molar-refractivity contribution is 0.381. The molecule has 0 saturated carbocycles. The standard InChI is InChI=1S/C12H5F5O2/c13-8-7(4-1-5(18)3-6(19)2-4)9(14)11(16)12(17)10(8)15/h1-3,18-19H. The highest BCUT2D eigenvalue weighted by Crippen LogP contribution is 2.35. The van der Waals surface area contributed by atoms with E-state index in [1.165, 1.54) is 0 Å². The summed E-state index contributed by atoms with van der Waals surface area (Å²) in [6.45, 7) is 0. The van der Waals surface area contributed by atoms with Gasteiger partial charge in [-0.25, -0.2) is 22.0 Å². The fourth-order valence-electron chi connectivity index (χ4n) is 1.60. The molecular formula is C12H5F5O2. The molecular weight excluding hydrogens is 271 g/mol. The molecule has 100 valence electrons. The number of phenols is 2. The molecule has 2 aromatic rings. The second kappa shape index (κ2) is 4.42. The second-order valence-electron chi connectivity index (χ2n) is 3.68. The predicted octanol–water partition coefficient (Wildman–Crippen LogP) is 3.46. The van der Waals surface area contributed by atoms with Crippen LogP contribution in [0.25, 0.3) is 11.1 Å². The third-order valence-electron chi connectivity index (χ3n) is 2.40. The number of benzene rings is 2. The summed E-state index contributed by atoms with van der Waals surface area (Å²) in [5.41, 5.74) is -1.76. The third kappa shape index (κ3) is 2.07. The lowest BCUT2D eigenvalue weighted by Gasteiger charge is -2.09. The van der Waals surface area contributed by atoms with Crippen molar-refractivity contribution in [2.24, 2.45) is 0 Å². The largest absolute Gasteiger partial charge is 0.508 e. The van der Waals surface area contributed by atoms with Crippen LogP contribution in [0.4, 0.5) is 22.0 Å². The van der Waals surface area contributed by atoms with Crippen molar-refractivity contribution in [3.63, 3.8) is 0 Å². The fourth-order valence-corrected chi connectivity index (χ4v) is 1.60. The van der Waals surface area contributed by atoms with Crippen LogP contribution in [0, 0.1) is 29.1 Å². The average molecular weight is 276 g/mol. The molecule has 19 heavy (non-hydrogen) atoms. The number of hydrogen-bond acceptors (Lipinski definition) is 2. The van der Waals surface area contributed by atoms with E-state index in [1.54, 1.807) is 0 Å². The van der Waals surface area contributed by atoms with E-state index in [4.69, 9.17) is 10.2 Å². The molecule has 2 N–H and O–H groups in total. The molecule has 0 aliphatic heterocycles. The maximum atomic E-state index is 13.5. The Balaban J connectivity index is 2.82. The van der Waals surface area contributed by atoms with Gasteiger partial charge in [-0.3, -0.25) is 0 Å². The zero-order valence-corrected chi connectivity index (χ0v) is 9.02. The zero-order chi connectivity index (χ0) is 14.3. The molecule has 0 aliphatic carbocycles. The van der Waals surface area contributed by atoms with Crippen molar-refractivity contribution in [2.45, 2.75) is 0 Å². The number of halogens is 5. The van der Waals surface area contributed by atoms with Gasteiger partial charge in [-0.15, -0.1) is 0 Å². The summed E-state index contributed by atoms with van der Waals surface area (Å²) < 4.78 is 65.8.